The van der Waals surface area contributed by atoms with E-state index in [0.29, 0.717) is 18.4 Å². The number of aliphatic hydroxyl groups is 1. The van der Waals surface area contributed by atoms with Crippen molar-refractivity contribution in [2.75, 3.05) is 6.61 Å². The first kappa shape index (κ1) is 14.1. The minimum absolute atomic E-state index is 0.00671. The molecule has 0 heterocycles. The standard InChI is InChI=1S/C14H22O3/c1-10(6-4-5-7-15)13-11(16)8-14(2,3)9-12(13)17/h15H,4-9H2,1-3H3. The molecule has 0 aliphatic heterocycles. The van der Waals surface area contributed by atoms with Crippen LogP contribution in [0.3, 0.4) is 0 Å². The second-order valence-corrected chi connectivity index (χ2v) is 5.70. The molecule has 3 nitrogen and oxygen atoms in total. The van der Waals surface area contributed by atoms with Gasteiger partial charge in [0.15, 0.2) is 11.6 Å². The van der Waals surface area contributed by atoms with E-state index >= 15 is 0 Å². The first-order chi connectivity index (χ1) is 7.87. The average Bonchev–Trinajstić information content (AvgIpc) is 2.14. The highest BCUT2D eigenvalue weighted by Gasteiger charge is 2.36. The fourth-order valence-corrected chi connectivity index (χ4v) is 2.37. The van der Waals surface area contributed by atoms with E-state index in [1.807, 2.05) is 20.8 Å². The molecule has 1 aliphatic carbocycles. The number of hydrogen-bond acceptors (Lipinski definition) is 3. The molecule has 1 saturated carbocycles. The minimum Gasteiger partial charge on any atom is -0.396 e. The van der Waals surface area contributed by atoms with Gasteiger partial charge in [-0.2, -0.15) is 0 Å². The van der Waals surface area contributed by atoms with Crippen LogP contribution in [0.15, 0.2) is 11.1 Å². The summed E-state index contributed by atoms with van der Waals surface area (Å²) in [5.41, 5.74) is 1.13. The van der Waals surface area contributed by atoms with Gasteiger partial charge in [-0.25, -0.2) is 0 Å². The van der Waals surface area contributed by atoms with Crippen molar-refractivity contribution in [1.29, 1.82) is 0 Å². The van der Waals surface area contributed by atoms with Crippen molar-refractivity contribution < 1.29 is 14.7 Å². The van der Waals surface area contributed by atoms with E-state index < -0.39 is 0 Å². The predicted molar refractivity (Wildman–Crippen MR) is 66.7 cm³/mol. The van der Waals surface area contributed by atoms with E-state index in [1.54, 1.807) is 0 Å². The van der Waals surface area contributed by atoms with Gasteiger partial charge in [-0.1, -0.05) is 19.4 Å². The van der Waals surface area contributed by atoms with Gasteiger partial charge in [0, 0.05) is 19.4 Å². The molecule has 0 radical (unpaired) electrons. The van der Waals surface area contributed by atoms with Crippen molar-refractivity contribution in [3.63, 3.8) is 0 Å². The highest BCUT2D eigenvalue weighted by molar-refractivity contribution is 6.22. The Balaban J connectivity index is 2.79. The summed E-state index contributed by atoms with van der Waals surface area (Å²) in [5.74, 6) is -0.0134. The normalized spacial score (nSPS) is 19.6. The molecule has 0 unspecified atom stereocenters. The molecular weight excluding hydrogens is 216 g/mol. The first-order valence-electron chi connectivity index (χ1n) is 6.24. The number of hydrogen-bond donors (Lipinski definition) is 1. The van der Waals surface area contributed by atoms with Crippen LogP contribution in [0.25, 0.3) is 0 Å². The predicted octanol–water partition coefficient (Wildman–Crippen LogP) is 2.42. The summed E-state index contributed by atoms with van der Waals surface area (Å²) >= 11 is 0. The third kappa shape index (κ3) is 3.77. The largest absolute Gasteiger partial charge is 0.396 e. The fourth-order valence-electron chi connectivity index (χ4n) is 2.37. The Labute approximate surface area is 103 Å². The number of Topliss-reactive ketones (excluding diaryl/α,β-unsaturated/α-hetero) is 2. The Hall–Kier alpha value is -0.960. The summed E-state index contributed by atoms with van der Waals surface area (Å²) < 4.78 is 0. The van der Waals surface area contributed by atoms with Gasteiger partial charge in [0.1, 0.15) is 0 Å². The maximum absolute atomic E-state index is 12.0. The first-order valence-corrected chi connectivity index (χ1v) is 6.24. The number of allylic oxidation sites excluding steroid dienone is 2. The number of carbonyl (C=O) groups excluding carboxylic acids is 2. The fraction of sp³-hybridized carbons (Fsp3) is 0.714. The number of ketones is 2. The molecule has 1 fully saturated rings. The number of carbonyl (C=O) groups is 2. The van der Waals surface area contributed by atoms with Crippen molar-refractivity contribution in [2.24, 2.45) is 5.41 Å². The lowest BCUT2D eigenvalue weighted by molar-refractivity contribution is -0.127. The van der Waals surface area contributed by atoms with Crippen LogP contribution in [0.5, 0.6) is 0 Å². The van der Waals surface area contributed by atoms with E-state index in [0.717, 1.165) is 24.8 Å². The topological polar surface area (TPSA) is 54.4 Å². The van der Waals surface area contributed by atoms with Crippen molar-refractivity contribution >= 4 is 11.6 Å². The van der Waals surface area contributed by atoms with E-state index in [4.69, 9.17) is 5.11 Å². The lowest BCUT2D eigenvalue weighted by Gasteiger charge is -2.29. The van der Waals surface area contributed by atoms with Crippen LogP contribution in [0.4, 0.5) is 0 Å². The maximum atomic E-state index is 12.0. The molecule has 1 N–H and O–H groups in total. The van der Waals surface area contributed by atoms with Crippen LogP contribution in [0.2, 0.25) is 0 Å². The Morgan fingerprint density at radius 2 is 1.71 bits per heavy atom. The molecule has 17 heavy (non-hydrogen) atoms. The number of rotatable bonds is 4. The zero-order chi connectivity index (χ0) is 13.1. The maximum Gasteiger partial charge on any atom is 0.166 e. The molecule has 0 aromatic carbocycles. The zero-order valence-electron chi connectivity index (χ0n) is 11.0. The van der Waals surface area contributed by atoms with Crippen molar-refractivity contribution in [3.05, 3.63) is 11.1 Å². The van der Waals surface area contributed by atoms with Gasteiger partial charge in [-0.05, 0) is 31.6 Å². The third-order valence-electron chi connectivity index (χ3n) is 3.22. The van der Waals surface area contributed by atoms with Crippen LogP contribution >= 0.6 is 0 Å². The Bertz CT molecular complexity index is 328. The lowest BCUT2D eigenvalue weighted by Crippen LogP contribution is -2.32. The molecule has 0 bridgehead atoms. The van der Waals surface area contributed by atoms with Crippen LogP contribution in [-0.2, 0) is 9.59 Å². The van der Waals surface area contributed by atoms with Gasteiger partial charge in [0.25, 0.3) is 0 Å². The Morgan fingerprint density at radius 1 is 1.18 bits per heavy atom. The molecule has 96 valence electrons. The van der Waals surface area contributed by atoms with Gasteiger partial charge < -0.3 is 5.11 Å². The molecule has 0 saturated heterocycles. The highest BCUT2D eigenvalue weighted by Crippen LogP contribution is 2.35. The molecule has 0 amide bonds. The molecule has 0 spiro atoms. The summed E-state index contributed by atoms with van der Waals surface area (Å²) in [5, 5.41) is 8.71. The Morgan fingerprint density at radius 3 is 2.18 bits per heavy atom. The Kier molecular flexibility index (Phi) is 4.63. The van der Waals surface area contributed by atoms with Gasteiger partial charge in [0.05, 0.1) is 5.57 Å². The molecule has 1 aliphatic rings. The van der Waals surface area contributed by atoms with Crippen LogP contribution in [0, 0.1) is 5.41 Å². The quantitative estimate of drug-likeness (QED) is 0.465. The number of unbranched alkanes of at least 4 members (excludes halogenated alkanes) is 1. The lowest BCUT2D eigenvalue weighted by atomic mass is 9.73. The third-order valence-corrected chi connectivity index (χ3v) is 3.22. The second kappa shape index (κ2) is 5.58. The van der Waals surface area contributed by atoms with Gasteiger partial charge >= 0.3 is 0 Å². The SMILES string of the molecule is CC(CCCCO)=C1C(=O)CC(C)(C)CC1=O. The molecule has 3 heteroatoms. The summed E-state index contributed by atoms with van der Waals surface area (Å²) in [7, 11) is 0. The van der Waals surface area contributed by atoms with Gasteiger partial charge in [0.2, 0.25) is 0 Å². The van der Waals surface area contributed by atoms with E-state index in [2.05, 4.69) is 0 Å². The van der Waals surface area contributed by atoms with Crippen LogP contribution < -0.4 is 0 Å². The molecule has 0 aromatic rings. The monoisotopic (exact) mass is 238 g/mol. The van der Waals surface area contributed by atoms with Gasteiger partial charge in [-0.3, -0.25) is 9.59 Å². The number of aliphatic hydroxyl groups excluding tert-OH is 1. The second-order valence-electron chi connectivity index (χ2n) is 5.70. The average molecular weight is 238 g/mol. The van der Waals surface area contributed by atoms with Gasteiger partial charge in [-0.15, -0.1) is 0 Å². The minimum atomic E-state index is -0.191. The van der Waals surface area contributed by atoms with Crippen molar-refractivity contribution in [2.45, 2.75) is 52.9 Å². The van der Waals surface area contributed by atoms with E-state index in [9.17, 15) is 9.59 Å². The summed E-state index contributed by atoms with van der Waals surface area (Å²) in [6, 6.07) is 0. The molecule has 0 atom stereocenters. The zero-order valence-corrected chi connectivity index (χ0v) is 11.0. The van der Waals surface area contributed by atoms with Crippen molar-refractivity contribution in [1.82, 2.24) is 0 Å². The molecular formula is C14H22O3. The van der Waals surface area contributed by atoms with E-state index in [-0.39, 0.29) is 23.6 Å². The van der Waals surface area contributed by atoms with Crippen LogP contribution in [0.1, 0.15) is 52.9 Å². The van der Waals surface area contributed by atoms with E-state index in [1.165, 1.54) is 0 Å². The smallest absolute Gasteiger partial charge is 0.166 e. The molecule has 1 rings (SSSR count). The van der Waals surface area contributed by atoms with Crippen molar-refractivity contribution in [3.8, 4) is 0 Å². The van der Waals surface area contributed by atoms with Crippen LogP contribution in [-0.4, -0.2) is 23.3 Å². The summed E-state index contributed by atoms with van der Waals surface area (Å²) in [6.07, 6.45) is 3.21. The molecule has 0 aromatic heterocycles. The summed E-state index contributed by atoms with van der Waals surface area (Å²) in [4.78, 5) is 23.9. The summed E-state index contributed by atoms with van der Waals surface area (Å²) in [6.45, 7) is 5.94. The highest BCUT2D eigenvalue weighted by atomic mass is 16.2.